The summed E-state index contributed by atoms with van der Waals surface area (Å²) in [6.07, 6.45) is -4.87. The summed E-state index contributed by atoms with van der Waals surface area (Å²) >= 11 is 0. The minimum atomic E-state index is -4.87. The van der Waals surface area contributed by atoms with Gasteiger partial charge in [-0.05, 0) is 76.4 Å². The maximum absolute atomic E-state index is 14.1. The molecule has 3 nitrogen and oxygen atoms in total. The molecule has 0 atom stereocenters. The predicted molar refractivity (Wildman–Crippen MR) is 192 cm³/mol. The normalized spacial score (nSPS) is 13.4. The van der Waals surface area contributed by atoms with Crippen LogP contribution in [0.15, 0.2) is 133 Å². The summed E-state index contributed by atoms with van der Waals surface area (Å²) in [4.78, 5) is 4.26. The Labute approximate surface area is 276 Å². The number of fused-ring (bicyclic) bond motifs is 8. The van der Waals surface area contributed by atoms with Crippen LogP contribution in [-0.4, -0.2) is 13.1 Å². The highest BCUT2D eigenvalue weighted by Gasteiger charge is 2.45. The number of benzene rings is 7. The van der Waals surface area contributed by atoms with E-state index in [1.54, 1.807) is 12.1 Å². The monoisotopic (exact) mass is 632 g/mol. The quantitative estimate of drug-likeness (QED) is 0.181. The van der Waals surface area contributed by atoms with E-state index in [1.165, 1.54) is 0 Å². The molecule has 7 heteroatoms. The van der Waals surface area contributed by atoms with Crippen molar-refractivity contribution in [1.29, 1.82) is 0 Å². The van der Waals surface area contributed by atoms with Crippen LogP contribution in [0.25, 0.3) is 21.5 Å². The van der Waals surface area contributed by atoms with Crippen LogP contribution in [0.4, 0.5) is 47.3 Å². The Morgan fingerprint density at radius 3 is 1.48 bits per heavy atom. The number of anilines is 6. The highest BCUT2D eigenvalue weighted by atomic mass is 19.4. The standard InChI is InChI=1S/C41H28BF3N2O/c1-25-9-7-13-29(21-25)46-36-23-31(48-41(43,44)45)24-37-38(36)42(34-19-17-27-11-3-5-15-32(27)39(34)46)35-20-18-28-12-4-6-16-33(28)40(35)47(37)30-14-8-10-26(2)22-30/h3-24H,1-2H3. The van der Waals surface area contributed by atoms with Gasteiger partial charge in [-0.2, -0.15) is 0 Å². The molecule has 9 rings (SSSR count). The SMILES string of the molecule is Cc1cccc(N2c3cc(OC(F)(F)F)cc4c3B(c3ccc5ccccc5c32)c2ccc3ccccc3c2N4c2cccc(C)c2)c1. The van der Waals surface area contributed by atoms with Gasteiger partial charge in [0, 0.05) is 57.0 Å². The lowest BCUT2D eigenvalue weighted by atomic mass is 9.33. The molecule has 0 spiro atoms. The fraction of sp³-hybridized carbons (Fsp3) is 0.0732. The Morgan fingerprint density at radius 2 is 1.02 bits per heavy atom. The van der Waals surface area contributed by atoms with Crippen molar-refractivity contribution in [3.8, 4) is 5.75 Å². The lowest BCUT2D eigenvalue weighted by Crippen LogP contribution is -2.61. The van der Waals surface area contributed by atoms with Crippen molar-refractivity contribution in [2.24, 2.45) is 0 Å². The molecule has 2 aliphatic rings. The van der Waals surface area contributed by atoms with Crippen LogP contribution >= 0.6 is 0 Å². The molecule has 2 aliphatic heterocycles. The van der Waals surface area contributed by atoms with Gasteiger partial charge >= 0.3 is 6.36 Å². The maximum atomic E-state index is 14.1. The molecular weight excluding hydrogens is 604 g/mol. The highest BCUT2D eigenvalue weighted by Crippen LogP contribution is 2.49. The van der Waals surface area contributed by atoms with Gasteiger partial charge < -0.3 is 14.5 Å². The van der Waals surface area contributed by atoms with Gasteiger partial charge in [0.1, 0.15) is 5.75 Å². The Hall–Kier alpha value is -5.69. The third-order valence-corrected chi connectivity index (χ3v) is 9.57. The average molecular weight is 632 g/mol. The van der Waals surface area contributed by atoms with E-state index >= 15 is 0 Å². The molecule has 0 amide bonds. The molecule has 0 radical (unpaired) electrons. The first-order valence-corrected chi connectivity index (χ1v) is 16.0. The third kappa shape index (κ3) is 4.38. The van der Waals surface area contributed by atoms with E-state index in [4.69, 9.17) is 4.74 Å². The number of ether oxygens (including phenoxy) is 1. The minimum Gasteiger partial charge on any atom is -0.406 e. The van der Waals surface area contributed by atoms with Gasteiger partial charge in [-0.1, -0.05) is 97.1 Å². The molecule has 7 aromatic carbocycles. The number of nitrogens with zero attached hydrogens (tertiary/aromatic N) is 2. The van der Waals surface area contributed by atoms with Crippen molar-refractivity contribution in [2.45, 2.75) is 20.2 Å². The largest absolute Gasteiger partial charge is 0.573 e. The Kier molecular flexibility index (Phi) is 6.19. The van der Waals surface area contributed by atoms with Crippen LogP contribution in [0.3, 0.4) is 0 Å². The van der Waals surface area contributed by atoms with Crippen molar-refractivity contribution < 1.29 is 17.9 Å². The van der Waals surface area contributed by atoms with Crippen molar-refractivity contribution >= 4 is 78.8 Å². The van der Waals surface area contributed by atoms with Gasteiger partial charge in [0.05, 0.1) is 0 Å². The number of halogens is 3. The van der Waals surface area contributed by atoms with Gasteiger partial charge in [-0.3, -0.25) is 0 Å². The van der Waals surface area contributed by atoms with Gasteiger partial charge in [0.2, 0.25) is 0 Å². The first-order chi connectivity index (χ1) is 23.2. The van der Waals surface area contributed by atoms with Gasteiger partial charge in [-0.25, -0.2) is 0 Å². The molecule has 7 aromatic rings. The lowest BCUT2D eigenvalue weighted by Gasteiger charge is -2.45. The zero-order valence-corrected chi connectivity index (χ0v) is 26.2. The van der Waals surface area contributed by atoms with Crippen LogP contribution in [-0.2, 0) is 0 Å². The summed E-state index contributed by atoms with van der Waals surface area (Å²) in [5, 5.41) is 4.15. The first kappa shape index (κ1) is 28.5. The van der Waals surface area contributed by atoms with E-state index < -0.39 is 6.36 Å². The van der Waals surface area contributed by atoms with E-state index in [-0.39, 0.29) is 12.5 Å². The third-order valence-electron chi connectivity index (χ3n) is 9.57. The predicted octanol–water partition coefficient (Wildman–Crippen LogP) is 9.59. The zero-order valence-electron chi connectivity index (χ0n) is 26.2. The second kappa shape index (κ2) is 10.4. The second-order valence-corrected chi connectivity index (χ2v) is 12.7. The van der Waals surface area contributed by atoms with E-state index in [0.717, 1.165) is 71.8 Å². The lowest BCUT2D eigenvalue weighted by molar-refractivity contribution is -0.274. The minimum absolute atomic E-state index is 0.253. The number of rotatable bonds is 3. The smallest absolute Gasteiger partial charge is 0.406 e. The molecule has 232 valence electrons. The van der Waals surface area contributed by atoms with Gasteiger partial charge in [-0.15, -0.1) is 13.2 Å². The molecular formula is C41H28BF3N2O. The first-order valence-electron chi connectivity index (χ1n) is 16.0. The summed E-state index contributed by atoms with van der Waals surface area (Å²) < 4.78 is 47.1. The molecule has 48 heavy (non-hydrogen) atoms. The highest BCUT2D eigenvalue weighted by molar-refractivity contribution is 7.00. The summed E-state index contributed by atoms with van der Waals surface area (Å²) in [6, 6.07) is 44.5. The zero-order chi connectivity index (χ0) is 32.7. The van der Waals surface area contributed by atoms with Crippen molar-refractivity contribution in [1.82, 2.24) is 0 Å². The molecule has 0 N–H and O–H groups in total. The van der Waals surface area contributed by atoms with Crippen molar-refractivity contribution in [2.75, 3.05) is 9.80 Å². The summed E-state index contributed by atoms with van der Waals surface area (Å²) in [7, 11) is 0. The average Bonchev–Trinajstić information content (AvgIpc) is 3.07. The van der Waals surface area contributed by atoms with Gasteiger partial charge in [0.25, 0.3) is 6.71 Å². The topological polar surface area (TPSA) is 15.7 Å². The van der Waals surface area contributed by atoms with Crippen LogP contribution in [0.2, 0.25) is 0 Å². The number of alkyl halides is 3. The van der Waals surface area contributed by atoms with E-state index in [2.05, 4.69) is 70.5 Å². The molecule has 0 saturated heterocycles. The van der Waals surface area contributed by atoms with Crippen molar-refractivity contribution in [3.05, 3.63) is 145 Å². The fourth-order valence-corrected chi connectivity index (χ4v) is 7.76. The van der Waals surface area contributed by atoms with E-state index in [0.29, 0.717) is 11.4 Å². The maximum Gasteiger partial charge on any atom is 0.573 e. The van der Waals surface area contributed by atoms with Crippen molar-refractivity contribution in [3.63, 3.8) is 0 Å². The number of aryl methyl sites for hydroxylation is 2. The molecule has 0 saturated carbocycles. The molecule has 0 unspecified atom stereocenters. The summed E-state index contributed by atoms with van der Waals surface area (Å²) in [6.45, 7) is 3.80. The van der Waals surface area contributed by atoms with E-state index in [9.17, 15) is 13.2 Å². The fourth-order valence-electron chi connectivity index (χ4n) is 7.76. The Morgan fingerprint density at radius 1 is 0.542 bits per heavy atom. The van der Waals surface area contributed by atoms with Crippen LogP contribution < -0.4 is 30.9 Å². The second-order valence-electron chi connectivity index (χ2n) is 12.7. The van der Waals surface area contributed by atoms with Crippen LogP contribution in [0.5, 0.6) is 5.75 Å². The number of hydrogen-bond donors (Lipinski definition) is 0. The van der Waals surface area contributed by atoms with Gasteiger partial charge in [0.15, 0.2) is 0 Å². The van der Waals surface area contributed by atoms with Crippen LogP contribution in [0.1, 0.15) is 11.1 Å². The molecule has 0 fully saturated rings. The summed E-state index contributed by atoms with van der Waals surface area (Å²) in [5.41, 5.74) is 10.2. The molecule has 0 bridgehead atoms. The molecule has 0 aliphatic carbocycles. The summed E-state index contributed by atoms with van der Waals surface area (Å²) in [5.74, 6) is -0.266. The van der Waals surface area contributed by atoms with Crippen LogP contribution in [0, 0.1) is 13.8 Å². The Bertz CT molecular complexity index is 2280. The molecule has 0 aromatic heterocycles. The molecule has 2 heterocycles. The number of hydrogen-bond acceptors (Lipinski definition) is 3. The Balaban J connectivity index is 1.47. The van der Waals surface area contributed by atoms with E-state index in [1.807, 2.05) is 74.5 Å².